The Hall–Kier alpha value is -3.02. The molecule has 2 aromatic rings. The van der Waals surface area contributed by atoms with Gasteiger partial charge >= 0.3 is 0 Å². The minimum absolute atomic E-state index is 0.0996. The van der Waals surface area contributed by atoms with Crippen LogP contribution in [-0.4, -0.2) is 32.6 Å². The number of nitrogens with one attached hydrogen (secondary N) is 1. The number of hydrogen-bond donors (Lipinski definition) is 1. The molecule has 0 fully saturated rings. The van der Waals surface area contributed by atoms with E-state index in [2.05, 4.69) is 26.1 Å². The Morgan fingerprint density at radius 1 is 1.04 bits per heavy atom. The van der Waals surface area contributed by atoms with Crippen LogP contribution in [-0.2, 0) is 15.0 Å². The molecule has 0 aliphatic heterocycles. The lowest BCUT2D eigenvalue weighted by atomic mass is 9.85. The van der Waals surface area contributed by atoms with Gasteiger partial charge in [-0.25, -0.2) is 0 Å². The number of nitrogens with zero attached hydrogens (tertiary/aromatic N) is 1. The van der Waals surface area contributed by atoms with E-state index in [0.717, 1.165) is 11.3 Å². The first-order valence-electron chi connectivity index (χ1n) is 9.07. The average molecular weight is 384 g/mol. The highest BCUT2D eigenvalue weighted by atomic mass is 16.5. The van der Waals surface area contributed by atoms with Gasteiger partial charge in [0.25, 0.3) is 0 Å². The Bertz CT molecular complexity index is 856. The van der Waals surface area contributed by atoms with Crippen LogP contribution in [0.4, 0.5) is 11.4 Å². The van der Waals surface area contributed by atoms with E-state index in [1.807, 2.05) is 24.3 Å². The number of benzene rings is 2. The summed E-state index contributed by atoms with van der Waals surface area (Å²) in [6.07, 6.45) is 0. The van der Waals surface area contributed by atoms with Crippen LogP contribution in [0.2, 0.25) is 0 Å². The normalized spacial score (nSPS) is 10.9. The van der Waals surface area contributed by atoms with Crippen molar-refractivity contribution in [2.75, 3.05) is 31.0 Å². The van der Waals surface area contributed by atoms with Crippen molar-refractivity contribution in [1.82, 2.24) is 0 Å². The van der Waals surface area contributed by atoms with Crippen molar-refractivity contribution in [3.8, 4) is 11.5 Å². The Kier molecular flexibility index (Phi) is 6.67. The predicted octanol–water partition coefficient (Wildman–Crippen LogP) is 3.99. The average Bonchev–Trinajstić information content (AvgIpc) is 2.65. The van der Waals surface area contributed by atoms with Crippen LogP contribution in [0.5, 0.6) is 11.5 Å². The Balaban J connectivity index is 2.27. The van der Waals surface area contributed by atoms with Gasteiger partial charge in [-0.05, 0) is 29.2 Å². The first kappa shape index (κ1) is 21.3. The molecule has 0 aliphatic carbocycles. The maximum atomic E-state index is 12.7. The SMILES string of the molecule is COc1ccc(NC(=O)CN(C(C)=O)c2ccccc2C(C)(C)C)c(OC)c1. The van der Waals surface area contributed by atoms with Gasteiger partial charge in [-0.2, -0.15) is 0 Å². The van der Waals surface area contributed by atoms with Crippen molar-refractivity contribution < 1.29 is 19.1 Å². The second-order valence-electron chi connectivity index (χ2n) is 7.49. The number of methoxy groups -OCH3 is 2. The van der Waals surface area contributed by atoms with Crippen LogP contribution in [0, 0.1) is 0 Å². The molecule has 2 rings (SSSR count). The number of rotatable bonds is 6. The van der Waals surface area contributed by atoms with Gasteiger partial charge in [0.15, 0.2) is 0 Å². The highest BCUT2D eigenvalue weighted by Crippen LogP contribution is 2.32. The van der Waals surface area contributed by atoms with E-state index >= 15 is 0 Å². The maximum Gasteiger partial charge on any atom is 0.244 e. The zero-order valence-electron chi connectivity index (χ0n) is 17.3. The topological polar surface area (TPSA) is 67.9 Å². The predicted molar refractivity (Wildman–Crippen MR) is 111 cm³/mol. The third-order valence-electron chi connectivity index (χ3n) is 4.37. The molecule has 0 heterocycles. The second-order valence-corrected chi connectivity index (χ2v) is 7.49. The minimum atomic E-state index is -0.317. The van der Waals surface area contributed by atoms with Crippen LogP contribution in [0.3, 0.4) is 0 Å². The van der Waals surface area contributed by atoms with Gasteiger partial charge in [0.1, 0.15) is 18.0 Å². The highest BCUT2D eigenvalue weighted by Gasteiger charge is 2.24. The van der Waals surface area contributed by atoms with Gasteiger partial charge in [0, 0.05) is 18.7 Å². The molecule has 28 heavy (non-hydrogen) atoms. The van der Waals surface area contributed by atoms with Gasteiger partial charge in [-0.1, -0.05) is 39.0 Å². The summed E-state index contributed by atoms with van der Waals surface area (Å²) in [5.74, 6) is 0.590. The molecule has 150 valence electrons. The summed E-state index contributed by atoms with van der Waals surface area (Å²) in [5.41, 5.74) is 2.08. The number of hydrogen-bond acceptors (Lipinski definition) is 4. The van der Waals surface area contributed by atoms with Crippen LogP contribution < -0.4 is 19.7 Å². The van der Waals surface area contributed by atoms with Crippen molar-refractivity contribution in [1.29, 1.82) is 0 Å². The molecule has 0 aliphatic rings. The molecule has 0 saturated heterocycles. The van der Waals surface area contributed by atoms with Crippen molar-refractivity contribution in [3.63, 3.8) is 0 Å². The number of carbonyl (C=O) groups is 2. The second kappa shape index (κ2) is 8.78. The summed E-state index contributed by atoms with van der Waals surface area (Å²) in [5, 5.41) is 2.81. The van der Waals surface area contributed by atoms with E-state index in [4.69, 9.17) is 9.47 Å². The van der Waals surface area contributed by atoms with Gasteiger partial charge < -0.3 is 19.7 Å². The molecular formula is C22H28N2O4. The van der Waals surface area contributed by atoms with Crippen molar-refractivity contribution in [2.24, 2.45) is 0 Å². The fraction of sp³-hybridized carbons (Fsp3) is 0.364. The van der Waals surface area contributed by atoms with Gasteiger partial charge in [-0.15, -0.1) is 0 Å². The maximum absolute atomic E-state index is 12.7. The van der Waals surface area contributed by atoms with Crippen LogP contribution >= 0.6 is 0 Å². The smallest absolute Gasteiger partial charge is 0.244 e. The number of anilines is 2. The zero-order chi connectivity index (χ0) is 20.9. The first-order chi connectivity index (χ1) is 13.2. The summed E-state index contributed by atoms with van der Waals surface area (Å²) in [6.45, 7) is 7.59. The first-order valence-corrected chi connectivity index (χ1v) is 9.07. The van der Waals surface area contributed by atoms with E-state index in [0.29, 0.717) is 17.2 Å². The third-order valence-corrected chi connectivity index (χ3v) is 4.37. The standard InChI is InChI=1S/C22H28N2O4/c1-15(25)24(19-10-8-7-9-17(19)22(2,3)4)14-21(26)23-18-12-11-16(27-5)13-20(18)28-6/h7-13H,14H2,1-6H3,(H,23,26). The lowest BCUT2D eigenvalue weighted by Crippen LogP contribution is -2.38. The number of amides is 2. The third kappa shape index (κ3) is 5.03. The van der Waals surface area contributed by atoms with Gasteiger partial charge in [0.2, 0.25) is 11.8 Å². The summed E-state index contributed by atoms with van der Waals surface area (Å²) in [6, 6.07) is 12.8. The number of ether oxygens (including phenoxy) is 2. The molecule has 1 N–H and O–H groups in total. The summed E-state index contributed by atoms with van der Waals surface area (Å²) in [7, 11) is 3.08. The van der Waals surface area contributed by atoms with Gasteiger partial charge in [-0.3, -0.25) is 9.59 Å². The van der Waals surface area contributed by atoms with Crippen LogP contribution in [0.25, 0.3) is 0 Å². The van der Waals surface area contributed by atoms with E-state index in [1.54, 1.807) is 25.3 Å². The fourth-order valence-electron chi connectivity index (χ4n) is 2.94. The molecule has 0 aromatic heterocycles. The molecule has 0 radical (unpaired) electrons. The van der Waals surface area contributed by atoms with E-state index < -0.39 is 0 Å². The molecule has 0 saturated carbocycles. The summed E-state index contributed by atoms with van der Waals surface area (Å²) in [4.78, 5) is 26.5. The van der Waals surface area contributed by atoms with E-state index in [9.17, 15) is 9.59 Å². The van der Waals surface area contributed by atoms with Crippen LogP contribution in [0.15, 0.2) is 42.5 Å². The molecule has 6 heteroatoms. The molecule has 0 unspecified atom stereocenters. The molecule has 2 amide bonds. The lowest BCUT2D eigenvalue weighted by Gasteiger charge is -2.29. The Morgan fingerprint density at radius 3 is 2.29 bits per heavy atom. The zero-order valence-corrected chi connectivity index (χ0v) is 17.3. The Labute approximate surface area is 166 Å². The lowest BCUT2D eigenvalue weighted by molar-refractivity contribution is -0.120. The quantitative estimate of drug-likeness (QED) is 0.818. The molecule has 0 atom stereocenters. The number of carbonyl (C=O) groups excluding carboxylic acids is 2. The summed E-state index contributed by atoms with van der Waals surface area (Å²) >= 11 is 0. The van der Waals surface area contributed by atoms with Crippen LogP contribution in [0.1, 0.15) is 33.3 Å². The Morgan fingerprint density at radius 2 is 1.71 bits per heavy atom. The van der Waals surface area contributed by atoms with E-state index in [-0.39, 0.29) is 23.8 Å². The summed E-state index contributed by atoms with van der Waals surface area (Å²) < 4.78 is 10.5. The molecule has 2 aromatic carbocycles. The van der Waals surface area contributed by atoms with Crippen molar-refractivity contribution in [3.05, 3.63) is 48.0 Å². The van der Waals surface area contributed by atoms with Crippen molar-refractivity contribution >= 4 is 23.2 Å². The largest absolute Gasteiger partial charge is 0.497 e. The molecule has 6 nitrogen and oxygen atoms in total. The van der Waals surface area contributed by atoms with Gasteiger partial charge in [0.05, 0.1) is 19.9 Å². The highest BCUT2D eigenvalue weighted by molar-refractivity contribution is 6.02. The monoisotopic (exact) mass is 384 g/mol. The molecule has 0 bridgehead atoms. The fourth-order valence-corrected chi connectivity index (χ4v) is 2.94. The number of para-hydroxylation sites is 1. The van der Waals surface area contributed by atoms with Crippen molar-refractivity contribution in [2.45, 2.75) is 33.1 Å². The molecular weight excluding hydrogens is 356 g/mol. The van der Waals surface area contributed by atoms with E-state index in [1.165, 1.54) is 18.9 Å². The minimum Gasteiger partial charge on any atom is -0.497 e. The molecule has 0 spiro atoms.